The zero-order valence-electron chi connectivity index (χ0n) is 41.0. The van der Waals surface area contributed by atoms with Gasteiger partial charge in [-0.05, 0) is 75.8 Å². The lowest BCUT2D eigenvalue weighted by molar-refractivity contribution is -0.148. The molecule has 8 unspecified atom stereocenters. The Morgan fingerprint density at radius 3 is 2.12 bits per heavy atom. The predicted octanol–water partition coefficient (Wildman–Crippen LogP) is 5.43. The first kappa shape index (κ1) is 54.3. The van der Waals surface area contributed by atoms with Crippen molar-refractivity contribution in [3.63, 3.8) is 0 Å². The Balaban J connectivity index is 1.69. The molecule has 2 aromatic rings. The Bertz CT molecular complexity index is 1870. The number of esters is 1. The predicted molar refractivity (Wildman–Crippen MR) is 250 cm³/mol. The van der Waals surface area contributed by atoms with Gasteiger partial charge in [0, 0.05) is 46.5 Å². The maximum atomic E-state index is 14.3. The van der Waals surface area contributed by atoms with Crippen molar-refractivity contribution < 1.29 is 47.7 Å². The quantitative estimate of drug-likeness (QED) is 0.121. The smallest absolute Gasteiger partial charge is 0.412 e. The Kier molecular flexibility index (Phi) is 21.4. The number of carbonyl (C=O) groups is 6. The van der Waals surface area contributed by atoms with Gasteiger partial charge in [-0.1, -0.05) is 83.5 Å². The fraction of sp³-hybridized carbons (Fsp3) is 0.633. The van der Waals surface area contributed by atoms with Gasteiger partial charge in [-0.15, -0.1) is 0 Å². The first-order valence-corrected chi connectivity index (χ1v) is 22.8. The molecule has 1 fully saturated rings. The fourth-order valence-electron chi connectivity index (χ4n) is 8.77. The Morgan fingerprint density at radius 2 is 1.54 bits per heavy atom. The number of hydrogen-bond acceptors (Lipinski definition) is 11. The maximum absolute atomic E-state index is 14.3. The number of benzene rings is 2. The van der Waals surface area contributed by atoms with E-state index in [2.05, 4.69) is 16.0 Å². The Hall–Kier alpha value is -5.06. The number of methoxy groups -OCH3 is 3. The first-order valence-electron chi connectivity index (χ1n) is 22.8. The van der Waals surface area contributed by atoms with Crippen LogP contribution in [-0.4, -0.2) is 141 Å². The summed E-state index contributed by atoms with van der Waals surface area (Å²) in [5, 5.41) is 8.48. The van der Waals surface area contributed by atoms with Crippen LogP contribution in [0, 0.1) is 17.8 Å². The minimum atomic E-state index is -0.909. The molecule has 362 valence electrons. The van der Waals surface area contributed by atoms with E-state index in [9.17, 15) is 28.8 Å². The highest BCUT2D eigenvalue weighted by Gasteiger charge is 2.42. The summed E-state index contributed by atoms with van der Waals surface area (Å²) in [6.45, 7) is 15.6. The third-order valence-electron chi connectivity index (χ3n) is 12.2. The number of amides is 5. The molecule has 1 aliphatic heterocycles. The second-order valence-corrected chi connectivity index (χ2v) is 18.6. The van der Waals surface area contributed by atoms with E-state index in [4.69, 9.17) is 18.9 Å². The minimum Gasteiger partial charge on any atom is -0.467 e. The minimum absolute atomic E-state index is 0.0286. The first-order chi connectivity index (χ1) is 30.6. The Morgan fingerprint density at radius 1 is 0.877 bits per heavy atom. The summed E-state index contributed by atoms with van der Waals surface area (Å²) < 4.78 is 22.3. The average molecular weight is 909 g/mol. The van der Waals surface area contributed by atoms with E-state index >= 15 is 0 Å². The number of carbonyl (C=O) groups excluding carboxylic acids is 6. The topological polar surface area (TPSA) is 185 Å². The van der Waals surface area contributed by atoms with Gasteiger partial charge < -0.3 is 39.4 Å². The zero-order valence-corrected chi connectivity index (χ0v) is 41.0. The molecule has 0 saturated carbocycles. The normalized spacial score (nSPS) is 17.3. The van der Waals surface area contributed by atoms with Crippen molar-refractivity contribution in [2.45, 2.75) is 136 Å². The monoisotopic (exact) mass is 909 g/mol. The molecule has 0 radical (unpaired) electrons. The molecule has 1 heterocycles. The number of rotatable bonds is 23. The lowest BCUT2D eigenvalue weighted by Gasteiger charge is -2.39. The molecule has 3 rings (SSSR count). The van der Waals surface area contributed by atoms with E-state index in [1.165, 1.54) is 21.3 Å². The van der Waals surface area contributed by atoms with E-state index in [-0.39, 0.29) is 48.9 Å². The van der Waals surface area contributed by atoms with Gasteiger partial charge in [0.1, 0.15) is 11.6 Å². The van der Waals surface area contributed by atoms with Crippen LogP contribution in [0.2, 0.25) is 0 Å². The summed E-state index contributed by atoms with van der Waals surface area (Å²) >= 11 is 0. The molecule has 1 saturated heterocycles. The van der Waals surface area contributed by atoms with Crippen LogP contribution in [0.15, 0.2) is 54.6 Å². The number of ether oxygens (including phenoxy) is 4. The molecule has 0 bridgehead atoms. The second-order valence-electron chi connectivity index (χ2n) is 18.6. The molecule has 16 nitrogen and oxygen atoms in total. The molecular weight excluding hydrogens is 833 g/mol. The highest BCUT2D eigenvalue weighted by molar-refractivity contribution is 5.88. The molecule has 65 heavy (non-hydrogen) atoms. The molecule has 2 aromatic carbocycles. The third kappa shape index (κ3) is 16.1. The summed E-state index contributed by atoms with van der Waals surface area (Å²) in [5.41, 5.74) is 1.65. The molecule has 0 spiro atoms. The van der Waals surface area contributed by atoms with Gasteiger partial charge in [0.05, 0.1) is 56.3 Å². The summed E-state index contributed by atoms with van der Waals surface area (Å²) in [7, 11) is 7.84. The van der Waals surface area contributed by atoms with E-state index < -0.39 is 65.9 Å². The van der Waals surface area contributed by atoms with Crippen LogP contribution in [0.3, 0.4) is 0 Å². The van der Waals surface area contributed by atoms with Crippen LogP contribution < -0.4 is 16.0 Å². The zero-order chi connectivity index (χ0) is 48.6. The van der Waals surface area contributed by atoms with Crippen LogP contribution in [0.25, 0.3) is 0 Å². The highest BCUT2D eigenvalue weighted by Crippen LogP contribution is 2.29. The number of nitrogens with one attached hydrogen (secondary N) is 3. The van der Waals surface area contributed by atoms with Crippen molar-refractivity contribution in [1.82, 2.24) is 25.3 Å². The number of hydrogen-bond donors (Lipinski definition) is 3. The molecule has 8 atom stereocenters. The van der Waals surface area contributed by atoms with E-state index in [0.29, 0.717) is 38.0 Å². The van der Waals surface area contributed by atoms with E-state index in [1.54, 1.807) is 50.6 Å². The summed E-state index contributed by atoms with van der Waals surface area (Å²) in [4.78, 5) is 86.0. The molecule has 16 heteroatoms. The van der Waals surface area contributed by atoms with Gasteiger partial charge in [0.25, 0.3) is 0 Å². The molecule has 0 aliphatic carbocycles. The standard InChI is InChI=1S/C49H76N6O10/c1-14-32(4)43(54(10)41(57)29-50-46(59)42(31(2)3)53(9)30-35-22-18-23-36(26-35)51-48(61)65-49(6,7)8)39(62-11)28-40(56)55-25-19-24-38(55)44(63-12)33(5)45(58)52-37(47(60)64-13)27-34-20-16-15-17-21-34/h15-18,20-23,26,31-33,37-39,42-44H,14,19,24-25,27-30H2,1-13H3,(H,50,59)(H,51,61)(H,52,58). The number of anilines is 1. The highest BCUT2D eigenvalue weighted by atomic mass is 16.6. The lowest BCUT2D eigenvalue weighted by atomic mass is 9.90. The number of likely N-dealkylation sites (N-methyl/N-ethyl adjacent to an activating group) is 2. The van der Waals surface area contributed by atoms with Gasteiger partial charge in [-0.25, -0.2) is 9.59 Å². The van der Waals surface area contributed by atoms with Gasteiger partial charge in [0.15, 0.2) is 0 Å². The van der Waals surface area contributed by atoms with E-state index in [1.807, 2.05) is 88.2 Å². The van der Waals surface area contributed by atoms with Crippen LogP contribution in [-0.2, 0) is 55.9 Å². The molecular formula is C49H76N6O10. The lowest BCUT2D eigenvalue weighted by Crippen LogP contribution is -2.55. The van der Waals surface area contributed by atoms with Crippen molar-refractivity contribution in [3.05, 3.63) is 65.7 Å². The summed E-state index contributed by atoms with van der Waals surface area (Å²) in [6, 6.07) is 14.3. The Labute approximate surface area is 386 Å². The van der Waals surface area contributed by atoms with Crippen LogP contribution in [0.1, 0.15) is 92.2 Å². The molecule has 0 aromatic heterocycles. The summed E-state index contributed by atoms with van der Waals surface area (Å²) in [6.07, 6.45) is 0.321. The van der Waals surface area contributed by atoms with Gasteiger partial charge in [0.2, 0.25) is 23.6 Å². The van der Waals surface area contributed by atoms with Gasteiger partial charge >= 0.3 is 12.1 Å². The largest absolute Gasteiger partial charge is 0.467 e. The maximum Gasteiger partial charge on any atom is 0.412 e. The van der Waals surface area contributed by atoms with Crippen molar-refractivity contribution >= 4 is 41.4 Å². The van der Waals surface area contributed by atoms with Gasteiger partial charge in [-0.2, -0.15) is 0 Å². The van der Waals surface area contributed by atoms with Gasteiger partial charge in [-0.3, -0.25) is 29.4 Å². The van der Waals surface area contributed by atoms with Crippen LogP contribution >= 0.6 is 0 Å². The fourth-order valence-corrected chi connectivity index (χ4v) is 8.77. The van der Waals surface area contributed by atoms with Crippen LogP contribution in [0.4, 0.5) is 10.5 Å². The van der Waals surface area contributed by atoms with Crippen molar-refractivity contribution in [1.29, 1.82) is 0 Å². The third-order valence-corrected chi connectivity index (χ3v) is 12.2. The second kappa shape index (κ2) is 25.6. The average Bonchev–Trinajstić information content (AvgIpc) is 3.74. The van der Waals surface area contributed by atoms with Crippen molar-refractivity contribution in [3.8, 4) is 0 Å². The number of likely N-dealkylation sites (tertiary alicyclic amines) is 1. The molecule has 1 aliphatic rings. The SMILES string of the molecule is CCC(C)C(C(CC(=O)N1CCCC1C(OC)C(C)C(=O)NC(Cc1ccccc1)C(=O)OC)OC)N(C)C(=O)CNC(=O)C(C(C)C)N(C)Cc1cccc(NC(=O)OC(C)(C)C)c1. The molecule has 5 amide bonds. The van der Waals surface area contributed by atoms with Crippen LogP contribution in [0.5, 0.6) is 0 Å². The van der Waals surface area contributed by atoms with Crippen molar-refractivity contribution in [2.75, 3.05) is 53.8 Å². The number of nitrogens with zero attached hydrogens (tertiary/aromatic N) is 3. The molecule has 3 N–H and O–H groups in total. The van der Waals surface area contributed by atoms with Crippen molar-refractivity contribution in [2.24, 2.45) is 17.8 Å². The van der Waals surface area contributed by atoms with E-state index in [0.717, 1.165) is 11.1 Å². The summed E-state index contributed by atoms with van der Waals surface area (Å²) in [5.74, 6) is -2.69.